The Kier molecular flexibility index (Phi) is 7.62. The summed E-state index contributed by atoms with van der Waals surface area (Å²) < 4.78 is 16.4. The molecule has 1 saturated heterocycles. The molecule has 2 aromatic carbocycles. The average molecular weight is 563 g/mol. The van der Waals surface area contributed by atoms with Gasteiger partial charge in [0.2, 0.25) is 0 Å². The van der Waals surface area contributed by atoms with Crippen molar-refractivity contribution in [1.29, 1.82) is 0 Å². The van der Waals surface area contributed by atoms with E-state index < -0.39 is 23.7 Å². The molecule has 0 radical (unpaired) electrons. The number of hydrogen-bond donors (Lipinski definition) is 1. The van der Waals surface area contributed by atoms with Gasteiger partial charge in [0.1, 0.15) is 28.2 Å². The van der Waals surface area contributed by atoms with Crippen LogP contribution in [0, 0.1) is 6.92 Å². The zero-order valence-corrected chi connectivity index (χ0v) is 23.5. The normalized spacial score (nSPS) is 19.4. The molecule has 3 aromatic rings. The molecule has 40 heavy (non-hydrogen) atoms. The van der Waals surface area contributed by atoms with Gasteiger partial charge < -0.3 is 19.3 Å². The number of carbonyl (C=O) groups excluding carboxylic acids is 3. The second kappa shape index (κ2) is 11.1. The quantitative estimate of drug-likeness (QED) is 0.128. The first kappa shape index (κ1) is 27.4. The van der Waals surface area contributed by atoms with Crippen LogP contribution in [0.3, 0.4) is 0 Å². The average Bonchev–Trinajstić information content (AvgIpc) is 3.60. The minimum Gasteiger partial charge on any atom is -0.507 e. The number of methoxy groups -OCH3 is 1. The number of Topliss-reactive ketones (excluding diaryl/α,β-unsaturated/α-hetero) is 1. The number of esters is 1. The molecule has 2 aliphatic rings. The van der Waals surface area contributed by atoms with Crippen LogP contribution in [0.5, 0.6) is 11.5 Å². The van der Waals surface area contributed by atoms with Gasteiger partial charge >= 0.3 is 11.9 Å². The summed E-state index contributed by atoms with van der Waals surface area (Å²) >= 11 is 0.958. The number of anilines is 1. The van der Waals surface area contributed by atoms with E-state index in [9.17, 15) is 19.5 Å². The molecule has 0 saturated carbocycles. The predicted molar refractivity (Wildman–Crippen MR) is 150 cm³/mol. The summed E-state index contributed by atoms with van der Waals surface area (Å²) in [4.78, 5) is 45.2. The third-order valence-corrected chi connectivity index (χ3v) is 8.08. The smallest absolute Gasteiger partial charge is 0.350 e. The van der Waals surface area contributed by atoms with Crippen LogP contribution in [0.15, 0.2) is 48.0 Å². The highest BCUT2D eigenvalue weighted by atomic mass is 32.1. The molecular formula is C30H30N2O7S. The summed E-state index contributed by atoms with van der Waals surface area (Å²) in [6, 6.07) is 11.3. The highest BCUT2D eigenvalue weighted by Gasteiger charge is 2.48. The van der Waals surface area contributed by atoms with E-state index in [4.69, 9.17) is 14.2 Å². The number of nitrogens with zero attached hydrogens (tertiary/aromatic N) is 2. The fraction of sp³-hybridized carbons (Fsp3) is 0.333. The summed E-state index contributed by atoms with van der Waals surface area (Å²) in [6.07, 6.45) is 2.59. The highest BCUT2D eigenvalue weighted by molar-refractivity contribution is 7.17. The third-order valence-electron chi connectivity index (χ3n) is 6.94. The Morgan fingerprint density at radius 3 is 2.65 bits per heavy atom. The summed E-state index contributed by atoms with van der Waals surface area (Å²) in [5, 5.41) is 11.7. The van der Waals surface area contributed by atoms with E-state index in [1.165, 1.54) is 12.0 Å². The van der Waals surface area contributed by atoms with E-state index in [0.717, 1.165) is 35.5 Å². The molecule has 2 unspecified atom stereocenters. The number of aliphatic hydroxyl groups excluding tert-OH is 1. The maximum atomic E-state index is 13.5. The first-order chi connectivity index (χ1) is 19.2. The number of aliphatic hydroxyl groups is 1. The lowest BCUT2D eigenvalue weighted by atomic mass is 9.94. The van der Waals surface area contributed by atoms with Gasteiger partial charge in [-0.15, -0.1) is 0 Å². The summed E-state index contributed by atoms with van der Waals surface area (Å²) in [7, 11) is 1.26. The Labute approximate surface area is 236 Å². The number of thiazole rings is 1. The van der Waals surface area contributed by atoms with Gasteiger partial charge in [-0.05, 0) is 61.7 Å². The fourth-order valence-corrected chi connectivity index (χ4v) is 5.93. The molecule has 3 heterocycles. The van der Waals surface area contributed by atoms with Crippen molar-refractivity contribution in [3.05, 3.63) is 75.3 Å². The molecular weight excluding hydrogens is 532 g/mol. The van der Waals surface area contributed by atoms with Crippen molar-refractivity contribution in [2.45, 2.75) is 52.2 Å². The lowest BCUT2D eigenvalue weighted by molar-refractivity contribution is -0.132. The third kappa shape index (κ3) is 4.95. The fourth-order valence-electron chi connectivity index (χ4n) is 4.92. The van der Waals surface area contributed by atoms with Crippen LogP contribution in [0.4, 0.5) is 5.13 Å². The number of ketones is 1. The zero-order valence-electron chi connectivity index (χ0n) is 22.7. The van der Waals surface area contributed by atoms with Crippen molar-refractivity contribution >= 4 is 39.9 Å². The monoisotopic (exact) mass is 562 g/mol. The van der Waals surface area contributed by atoms with Crippen LogP contribution in [0.2, 0.25) is 0 Å². The summed E-state index contributed by atoms with van der Waals surface area (Å²) in [6.45, 7) is 6.24. The van der Waals surface area contributed by atoms with E-state index in [1.54, 1.807) is 49.4 Å². The lowest BCUT2D eigenvalue weighted by Gasteiger charge is -2.23. The lowest BCUT2D eigenvalue weighted by Crippen LogP contribution is -2.29. The van der Waals surface area contributed by atoms with Gasteiger partial charge in [0.25, 0.3) is 5.78 Å². The summed E-state index contributed by atoms with van der Waals surface area (Å²) in [5.41, 5.74) is 2.21. The molecule has 10 heteroatoms. The number of aryl methyl sites for hydroxylation is 1. The number of benzene rings is 2. The standard InChI is InChI=1S/C30H30N2O7S/c1-5-6-13-38-21-10-7-18(8-11-21)24-23(25(33)19-9-12-22-20(15-19)14-16(2)39-22)26(34)28(35)32(24)30-31-17(3)27(40-30)29(36)37-4/h7-12,15-16,24,33H,5-6,13-14H2,1-4H3. The molecule has 0 bridgehead atoms. The summed E-state index contributed by atoms with van der Waals surface area (Å²) in [5.74, 6) is -1.19. The van der Waals surface area contributed by atoms with E-state index in [-0.39, 0.29) is 27.4 Å². The van der Waals surface area contributed by atoms with Crippen LogP contribution in [-0.2, 0) is 20.7 Å². The Balaban J connectivity index is 1.62. The van der Waals surface area contributed by atoms with Crippen LogP contribution in [-0.4, -0.2) is 47.6 Å². The number of carbonyl (C=O) groups is 3. The number of unbranched alkanes of at least 4 members (excludes halogenated alkanes) is 1. The van der Waals surface area contributed by atoms with Gasteiger partial charge in [0, 0.05) is 12.0 Å². The van der Waals surface area contributed by atoms with Crippen molar-refractivity contribution in [2.24, 2.45) is 0 Å². The molecule has 1 amide bonds. The van der Waals surface area contributed by atoms with Crippen molar-refractivity contribution in [3.8, 4) is 11.5 Å². The number of ether oxygens (including phenoxy) is 3. The molecule has 208 valence electrons. The van der Waals surface area contributed by atoms with Gasteiger partial charge in [-0.2, -0.15) is 0 Å². The van der Waals surface area contributed by atoms with Crippen molar-refractivity contribution in [1.82, 2.24) is 4.98 Å². The minimum absolute atomic E-state index is 0.00758. The van der Waals surface area contributed by atoms with E-state index in [1.807, 2.05) is 6.92 Å². The van der Waals surface area contributed by atoms with Crippen molar-refractivity contribution in [3.63, 3.8) is 0 Å². The van der Waals surface area contributed by atoms with Crippen LogP contribution < -0.4 is 14.4 Å². The molecule has 5 rings (SSSR count). The van der Waals surface area contributed by atoms with Crippen LogP contribution in [0.1, 0.15) is 64.8 Å². The molecule has 0 aliphatic carbocycles. The topological polar surface area (TPSA) is 115 Å². The van der Waals surface area contributed by atoms with Gasteiger partial charge in [-0.3, -0.25) is 14.5 Å². The second-order valence-electron chi connectivity index (χ2n) is 9.80. The first-order valence-electron chi connectivity index (χ1n) is 13.1. The maximum absolute atomic E-state index is 13.5. The molecule has 1 aromatic heterocycles. The second-order valence-corrected chi connectivity index (χ2v) is 10.8. The highest BCUT2D eigenvalue weighted by Crippen LogP contribution is 2.44. The van der Waals surface area contributed by atoms with Gasteiger partial charge in [0.05, 0.1) is 31.0 Å². The number of fused-ring (bicyclic) bond motifs is 1. The Bertz CT molecular complexity index is 1510. The zero-order chi connectivity index (χ0) is 28.6. The van der Waals surface area contributed by atoms with Crippen LogP contribution in [0.25, 0.3) is 5.76 Å². The Morgan fingerprint density at radius 1 is 1.20 bits per heavy atom. The van der Waals surface area contributed by atoms with Gasteiger partial charge in [0.15, 0.2) is 5.13 Å². The number of amides is 1. The van der Waals surface area contributed by atoms with Gasteiger partial charge in [-0.25, -0.2) is 9.78 Å². The minimum atomic E-state index is -0.982. The predicted octanol–water partition coefficient (Wildman–Crippen LogP) is 5.37. The van der Waals surface area contributed by atoms with Crippen molar-refractivity contribution < 1.29 is 33.7 Å². The number of rotatable bonds is 8. The molecule has 9 nitrogen and oxygen atoms in total. The van der Waals surface area contributed by atoms with Crippen molar-refractivity contribution in [2.75, 3.05) is 18.6 Å². The van der Waals surface area contributed by atoms with E-state index in [0.29, 0.717) is 35.6 Å². The largest absolute Gasteiger partial charge is 0.507 e. The molecule has 0 spiro atoms. The van der Waals surface area contributed by atoms with Crippen LogP contribution >= 0.6 is 11.3 Å². The Morgan fingerprint density at radius 2 is 1.95 bits per heavy atom. The number of aromatic nitrogens is 1. The molecule has 1 fully saturated rings. The Hall–Kier alpha value is -4.18. The first-order valence-corrected chi connectivity index (χ1v) is 13.9. The molecule has 2 aliphatic heterocycles. The van der Waals surface area contributed by atoms with E-state index in [2.05, 4.69) is 11.9 Å². The molecule has 2 atom stereocenters. The molecule has 1 N–H and O–H groups in total. The number of hydrogen-bond acceptors (Lipinski definition) is 9. The van der Waals surface area contributed by atoms with Gasteiger partial charge in [-0.1, -0.05) is 36.8 Å². The van der Waals surface area contributed by atoms with E-state index >= 15 is 0 Å². The SMILES string of the molecule is CCCCOc1ccc(C2C(=C(O)c3ccc4c(c3)CC(C)O4)C(=O)C(=O)N2c2nc(C)c(C(=O)OC)s2)cc1. The maximum Gasteiger partial charge on any atom is 0.350 e.